The predicted octanol–water partition coefficient (Wildman–Crippen LogP) is 2.87. The van der Waals surface area contributed by atoms with Gasteiger partial charge >= 0.3 is 5.97 Å². The minimum atomic E-state index is -2.78. The number of unbranched alkanes of at least 4 members (excludes halogenated alkanes) is 6. The summed E-state index contributed by atoms with van der Waals surface area (Å²) in [6.07, 6.45) is 9.74. The van der Waals surface area contributed by atoms with Crippen LogP contribution in [0, 0.1) is 0 Å². The zero-order valence-electron chi connectivity index (χ0n) is 13.7. The zero-order chi connectivity index (χ0) is 16.3. The van der Waals surface area contributed by atoms with Gasteiger partial charge in [-0.25, -0.2) is 8.42 Å². The summed E-state index contributed by atoms with van der Waals surface area (Å²) in [4.78, 5) is 10.9. The van der Waals surface area contributed by atoms with E-state index in [-0.39, 0.29) is 23.6 Å². The number of hydrogen-bond donors (Lipinski definition) is 0. The van der Waals surface area contributed by atoms with Crippen molar-refractivity contribution in [2.45, 2.75) is 70.3 Å². The van der Waals surface area contributed by atoms with Crippen LogP contribution in [0.5, 0.6) is 0 Å². The summed E-state index contributed by atoms with van der Waals surface area (Å²) < 4.78 is 32.9. The van der Waals surface area contributed by atoms with Crippen molar-refractivity contribution in [3.63, 3.8) is 0 Å². The number of rotatable bonds is 11. The SMILES string of the molecule is COC(=O)CCCCCCCCCOC1CCS(=O)(=O)CC1. The van der Waals surface area contributed by atoms with Crippen LogP contribution in [0.4, 0.5) is 0 Å². The van der Waals surface area contributed by atoms with E-state index < -0.39 is 9.84 Å². The maximum Gasteiger partial charge on any atom is 0.305 e. The number of carbonyl (C=O) groups excluding carboxylic acids is 1. The fourth-order valence-corrected chi connectivity index (χ4v) is 4.09. The van der Waals surface area contributed by atoms with Crippen molar-refractivity contribution in [2.24, 2.45) is 0 Å². The third-order valence-corrected chi connectivity index (χ3v) is 5.82. The van der Waals surface area contributed by atoms with Crippen LogP contribution >= 0.6 is 0 Å². The van der Waals surface area contributed by atoms with Gasteiger partial charge in [-0.15, -0.1) is 0 Å². The molecule has 6 heteroatoms. The molecule has 0 aliphatic carbocycles. The lowest BCUT2D eigenvalue weighted by Gasteiger charge is -2.22. The van der Waals surface area contributed by atoms with Gasteiger partial charge < -0.3 is 9.47 Å². The molecule has 130 valence electrons. The number of methoxy groups -OCH3 is 1. The van der Waals surface area contributed by atoms with Gasteiger partial charge in [-0.3, -0.25) is 4.79 Å². The monoisotopic (exact) mass is 334 g/mol. The minimum absolute atomic E-state index is 0.118. The molecule has 5 nitrogen and oxygen atoms in total. The van der Waals surface area contributed by atoms with Crippen LogP contribution < -0.4 is 0 Å². The molecular weight excluding hydrogens is 304 g/mol. The van der Waals surface area contributed by atoms with Crippen molar-refractivity contribution in [1.29, 1.82) is 0 Å². The van der Waals surface area contributed by atoms with Crippen LogP contribution in [0.25, 0.3) is 0 Å². The molecule has 0 N–H and O–H groups in total. The maximum atomic E-state index is 11.3. The quantitative estimate of drug-likeness (QED) is 0.429. The van der Waals surface area contributed by atoms with Crippen LogP contribution in [-0.4, -0.2) is 45.7 Å². The lowest BCUT2D eigenvalue weighted by molar-refractivity contribution is -0.140. The van der Waals surface area contributed by atoms with E-state index in [0.29, 0.717) is 19.3 Å². The molecule has 0 aromatic rings. The van der Waals surface area contributed by atoms with E-state index in [0.717, 1.165) is 32.3 Å². The smallest absolute Gasteiger partial charge is 0.305 e. The van der Waals surface area contributed by atoms with Crippen LogP contribution in [0.1, 0.15) is 64.2 Å². The number of hydrogen-bond acceptors (Lipinski definition) is 5. The highest BCUT2D eigenvalue weighted by Crippen LogP contribution is 2.16. The summed E-state index contributed by atoms with van der Waals surface area (Å²) in [5.41, 5.74) is 0. The van der Waals surface area contributed by atoms with Crippen molar-refractivity contribution in [3.05, 3.63) is 0 Å². The lowest BCUT2D eigenvalue weighted by atomic mass is 10.1. The molecule has 0 aromatic heterocycles. The second-order valence-corrected chi connectivity index (χ2v) is 8.33. The molecule has 0 radical (unpaired) electrons. The van der Waals surface area contributed by atoms with Gasteiger partial charge in [0, 0.05) is 13.0 Å². The molecule has 1 saturated heterocycles. The second kappa shape index (κ2) is 11.0. The molecule has 1 aliphatic rings. The van der Waals surface area contributed by atoms with Crippen molar-refractivity contribution in [3.8, 4) is 0 Å². The molecule has 0 bridgehead atoms. The molecule has 1 rings (SSSR count). The molecule has 0 aromatic carbocycles. The summed E-state index contributed by atoms with van der Waals surface area (Å²) in [5, 5.41) is 0. The van der Waals surface area contributed by atoms with Gasteiger partial charge in [0.1, 0.15) is 0 Å². The van der Waals surface area contributed by atoms with Gasteiger partial charge in [0.25, 0.3) is 0 Å². The number of carbonyl (C=O) groups is 1. The van der Waals surface area contributed by atoms with Gasteiger partial charge in [0.05, 0.1) is 24.7 Å². The van der Waals surface area contributed by atoms with Crippen molar-refractivity contribution in [2.75, 3.05) is 25.2 Å². The molecule has 0 spiro atoms. The summed E-state index contributed by atoms with van der Waals surface area (Å²) >= 11 is 0. The summed E-state index contributed by atoms with van der Waals surface area (Å²) in [5.74, 6) is 0.444. The highest BCUT2D eigenvalue weighted by molar-refractivity contribution is 7.91. The first-order valence-corrected chi connectivity index (χ1v) is 10.2. The van der Waals surface area contributed by atoms with E-state index in [1.54, 1.807) is 0 Å². The average Bonchev–Trinajstić information content (AvgIpc) is 2.50. The first-order valence-electron chi connectivity index (χ1n) is 8.42. The Morgan fingerprint density at radius 2 is 1.50 bits per heavy atom. The van der Waals surface area contributed by atoms with Gasteiger partial charge in [-0.2, -0.15) is 0 Å². The Kier molecular flexibility index (Phi) is 9.71. The topological polar surface area (TPSA) is 69.7 Å². The highest BCUT2D eigenvalue weighted by atomic mass is 32.2. The van der Waals surface area contributed by atoms with Gasteiger partial charge in [0.2, 0.25) is 0 Å². The Labute approximate surface area is 134 Å². The van der Waals surface area contributed by atoms with Crippen LogP contribution in [-0.2, 0) is 24.1 Å². The lowest BCUT2D eigenvalue weighted by Crippen LogP contribution is -2.29. The Hall–Kier alpha value is -0.620. The molecule has 0 atom stereocenters. The largest absolute Gasteiger partial charge is 0.469 e. The van der Waals surface area contributed by atoms with E-state index >= 15 is 0 Å². The molecule has 0 unspecified atom stereocenters. The van der Waals surface area contributed by atoms with Crippen molar-refractivity contribution < 1.29 is 22.7 Å². The first-order chi connectivity index (χ1) is 10.5. The Bertz CT molecular complexity index is 391. The second-order valence-electron chi connectivity index (χ2n) is 6.02. The first kappa shape index (κ1) is 19.4. The maximum absolute atomic E-state index is 11.3. The van der Waals surface area contributed by atoms with E-state index in [4.69, 9.17) is 4.74 Å². The zero-order valence-corrected chi connectivity index (χ0v) is 14.5. The molecule has 1 fully saturated rings. The molecule has 1 aliphatic heterocycles. The molecule has 1 heterocycles. The van der Waals surface area contributed by atoms with E-state index in [1.165, 1.54) is 26.4 Å². The van der Waals surface area contributed by atoms with E-state index in [9.17, 15) is 13.2 Å². The van der Waals surface area contributed by atoms with Crippen LogP contribution in [0.3, 0.4) is 0 Å². The Morgan fingerprint density at radius 1 is 0.955 bits per heavy atom. The van der Waals surface area contributed by atoms with Gasteiger partial charge in [-0.1, -0.05) is 32.1 Å². The average molecular weight is 334 g/mol. The summed E-state index contributed by atoms with van der Waals surface area (Å²) in [6.45, 7) is 0.743. The number of esters is 1. The van der Waals surface area contributed by atoms with Gasteiger partial charge in [0.15, 0.2) is 9.84 Å². The normalized spacial score (nSPS) is 18.2. The van der Waals surface area contributed by atoms with Gasteiger partial charge in [-0.05, 0) is 25.7 Å². The highest BCUT2D eigenvalue weighted by Gasteiger charge is 2.23. The molecule has 0 amide bonds. The molecule has 22 heavy (non-hydrogen) atoms. The Balaban J connectivity index is 1.83. The van der Waals surface area contributed by atoms with Crippen LogP contribution in [0.15, 0.2) is 0 Å². The van der Waals surface area contributed by atoms with Crippen molar-refractivity contribution >= 4 is 15.8 Å². The van der Waals surface area contributed by atoms with E-state index in [1.807, 2.05) is 0 Å². The fraction of sp³-hybridized carbons (Fsp3) is 0.938. The summed E-state index contributed by atoms with van der Waals surface area (Å²) in [6, 6.07) is 0. The molecular formula is C16H30O5S. The third kappa shape index (κ3) is 9.41. The standard InChI is InChI=1S/C16H30O5S/c1-20-16(17)9-7-5-3-2-4-6-8-12-21-15-10-13-22(18,19)14-11-15/h15H,2-14H2,1H3. The van der Waals surface area contributed by atoms with Crippen LogP contribution in [0.2, 0.25) is 0 Å². The number of sulfone groups is 1. The third-order valence-electron chi connectivity index (χ3n) is 4.11. The predicted molar refractivity (Wildman–Crippen MR) is 86.6 cm³/mol. The fourth-order valence-electron chi connectivity index (χ4n) is 2.64. The summed E-state index contributed by atoms with van der Waals surface area (Å²) in [7, 11) is -1.35. The Morgan fingerprint density at radius 3 is 2.09 bits per heavy atom. The minimum Gasteiger partial charge on any atom is -0.469 e. The number of ether oxygens (including phenoxy) is 2. The molecule has 0 saturated carbocycles. The van der Waals surface area contributed by atoms with Crippen molar-refractivity contribution in [1.82, 2.24) is 0 Å². The van der Waals surface area contributed by atoms with E-state index in [2.05, 4.69) is 4.74 Å².